The summed E-state index contributed by atoms with van der Waals surface area (Å²) in [5.74, 6) is 2.16. The molecule has 0 N–H and O–H groups in total. The molecule has 1 aromatic carbocycles. The van der Waals surface area contributed by atoms with E-state index in [-0.39, 0.29) is 5.91 Å². The molecule has 5 heteroatoms. The lowest BCUT2D eigenvalue weighted by atomic mass is 9.90. The Hall–Kier alpha value is -2.43. The maximum Gasteiger partial charge on any atom is 0.272 e. The summed E-state index contributed by atoms with van der Waals surface area (Å²) in [4.78, 5) is 22.7. The molecule has 2 aromatic rings. The van der Waals surface area contributed by atoms with Crippen molar-refractivity contribution in [2.24, 2.45) is 5.92 Å². The minimum absolute atomic E-state index is 0.0170. The van der Waals surface area contributed by atoms with Crippen LogP contribution < -0.4 is 4.74 Å². The van der Waals surface area contributed by atoms with Crippen LogP contribution in [-0.4, -0.2) is 41.0 Å². The van der Waals surface area contributed by atoms with Crippen LogP contribution in [0.15, 0.2) is 36.5 Å². The maximum absolute atomic E-state index is 12.5. The Morgan fingerprint density at radius 2 is 1.92 bits per heavy atom. The van der Waals surface area contributed by atoms with Crippen LogP contribution in [-0.2, 0) is 6.42 Å². The number of aromatic nitrogens is 2. The number of ether oxygens (including phenoxy) is 1. The predicted octanol–water partition coefficient (Wildman–Crippen LogP) is 2.89. The highest BCUT2D eigenvalue weighted by Crippen LogP contribution is 2.23. The number of aryl methyl sites for hydroxylation is 1. The molecule has 0 aliphatic carbocycles. The molecule has 0 spiro atoms. The molecule has 1 aliphatic heterocycles. The van der Waals surface area contributed by atoms with Crippen LogP contribution in [0.25, 0.3) is 0 Å². The summed E-state index contributed by atoms with van der Waals surface area (Å²) in [6, 6.07) is 9.95. The van der Waals surface area contributed by atoms with Crippen LogP contribution in [0.1, 0.15) is 34.7 Å². The van der Waals surface area contributed by atoms with E-state index in [1.54, 1.807) is 26.3 Å². The van der Waals surface area contributed by atoms with Gasteiger partial charge in [0.15, 0.2) is 0 Å². The number of benzene rings is 1. The number of amides is 1. The number of nitrogens with zero attached hydrogens (tertiary/aromatic N) is 3. The average molecular weight is 325 g/mol. The molecule has 0 radical (unpaired) electrons. The number of carbonyl (C=O) groups is 1. The molecule has 1 aliphatic rings. The first kappa shape index (κ1) is 16.4. The van der Waals surface area contributed by atoms with E-state index < -0.39 is 0 Å². The summed E-state index contributed by atoms with van der Waals surface area (Å²) >= 11 is 0. The number of methoxy groups -OCH3 is 1. The first-order valence-electron chi connectivity index (χ1n) is 8.37. The third-order valence-corrected chi connectivity index (χ3v) is 4.58. The molecule has 1 aromatic heterocycles. The van der Waals surface area contributed by atoms with E-state index in [0.717, 1.165) is 38.1 Å². The summed E-state index contributed by atoms with van der Waals surface area (Å²) in [5.41, 5.74) is 1.82. The van der Waals surface area contributed by atoms with Crippen molar-refractivity contribution in [2.75, 3.05) is 20.2 Å². The number of piperidine rings is 1. The van der Waals surface area contributed by atoms with Crippen molar-refractivity contribution in [2.45, 2.75) is 26.2 Å². The average Bonchev–Trinajstić information content (AvgIpc) is 2.62. The summed E-state index contributed by atoms with van der Waals surface area (Å²) in [7, 11) is 1.68. The van der Waals surface area contributed by atoms with Gasteiger partial charge in [0.25, 0.3) is 5.91 Å². The van der Waals surface area contributed by atoms with Crippen molar-refractivity contribution in [3.8, 4) is 5.75 Å². The van der Waals surface area contributed by atoms with E-state index in [2.05, 4.69) is 22.1 Å². The van der Waals surface area contributed by atoms with Crippen molar-refractivity contribution in [3.05, 3.63) is 53.6 Å². The van der Waals surface area contributed by atoms with E-state index in [0.29, 0.717) is 17.4 Å². The van der Waals surface area contributed by atoms with Crippen LogP contribution in [0.3, 0.4) is 0 Å². The largest absolute Gasteiger partial charge is 0.497 e. The standard InChI is InChI=1S/C19H23N3O2/c1-14-20-10-7-18(21-14)19(23)22-11-8-16(9-12-22)13-15-3-5-17(24-2)6-4-15/h3-7,10,16H,8-9,11-13H2,1-2H3. The van der Waals surface area contributed by atoms with Crippen LogP contribution in [0.4, 0.5) is 0 Å². The Morgan fingerprint density at radius 3 is 2.54 bits per heavy atom. The highest BCUT2D eigenvalue weighted by atomic mass is 16.5. The Labute approximate surface area is 142 Å². The van der Waals surface area contributed by atoms with Gasteiger partial charge in [-0.3, -0.25) is 4.79 Å². The second kappa shape index (κ2) is 7.43. The van der Waals surface area contributed by atoms with Gasteiger partial charge >= 0.3 is 0 Å². The highest BCUT2D eigenvalue weighted by molar-refractivity contribution is 5.92. The fourth-order valence-corrected chi connectivity index (χ4v) is 3.17. The summed E-state index contributed by atoms with van der Waals surface area (Å²) in [6.45, 7) is 3.39. The Kier molecular flexibility index (Phi) is 5.08. The van der Waals surface area contributed by atoms with Crippen molar-refractivity contribution in [3.63, 3.8) is 0 Å². The number of hydrogen-bond acceptors (Lipinski definition) is 4. The topological polar surface area (TPSA) is 55.3 Å². The molecule has 0 unspecified atom stereocenters. The molecule has 126 valence electrons. The molecule has 24 heavy (non-hydrogen) atoms. The van der Waals surface area contributed by atoms with Gasteiger partial charge in [0, 0.05) is 19.3 Å². The molecule has 5 nitrogen and oxygen atoms in total. The lowest BCUT2D eigenvalue weighted by molar-refractivity contribution is 0.0684. The summed E-state index contributed by atoms with van der Waals surface area (Å²) in [5, 5.41) is 0. The normalized spacial score (nSPS) is 15.3. The maximum atomic E-state index is 12.5. The molecule has 1 amide bonds. The molecule has 0 saturated carbocycles. The van der Waals surface area contributed by atoms with Crippen LogP contribution in [0, 0.1) is 12.8 Å². The third kappa shape index (κ3) is 3.91. The van der Waals surface area contributed by atoms with Crippen LogP contribution in [0.2, 0.25) is 0 Å². The molecule has 0 bridgehead atoms. The van der Waals surface area contributed by atoms with E-state index in [1.165, 1.54) is 5.56 Å². The smallest absolute Gasteiger partial charge is 0.272 e. The summed E-state index contributed by atoms with van der Waals surface area (Å²) < 4.78 is 5.20. The van der Waals surface area contributed by atoms with E-state index in [9.17, 15) is 4.79 Å². The highest BCUT2D eigenvalue weighted by Gasteiger charge is 2.24. The van der Waals surface area contributed by atoms with Crippen molar-refractivity contribution < 1.29 is 9.53 Å². The van der Waals surface area contributed by atoms with Crippen LogP contribution in [0.5, 0.6) is 5.75 Å². The third-order valence-electron chi connectivity index (χ3n) is 4.58. The quantitative estimate of drug-likeness (QED) is 0.867. The number of carbonyl (C=O) groups excluding carboxylic acids is 1. The lowest BCUT2D eigenvalue weighted by Crippen LogP contribution is -2.39. The zero-order valence-corrected chi connectivity index (χ0v) is 14.2. The van der Waals surface area contributed by atoms with E-state index in [1.807, 2.05) is 17.0 Å². The van der Waals surface area contributed by atoms with E-state index >= 15 is 0 Å². The second-order valence-corrected chi connectivity index (χ2v) is 6.28. The minimum Gasteiger partial charge on any atom is -0.497 e. The fraction of sp³-hybridized carbons (Fsp3) is 0.421. The van der Waals surface area contributed by atoms with Gasteiger partial charge in [0.1, 0.15) is 17.3 Å². The van der Waals surface area contributed by atoms with Crippen molar-refractivity contribution in [1.82, 2.24) is 14.9 Å². The van der Waals surface area contributed by atoms with Gasteiger partial charge < -0.3 is 9.64 Å². The van der Waals surface area contributed by atoms with Gasteiger partial charge in [-0.25, -0.2) is 9.97 Å². The van der Waals surface area contributed by atoms with Gasteiger partial charge in [-0.05, 0) is 55.9 Å². The zero-order valence-electron chi connectivity index (χ0n) is 14.2. The summed E-state index contributed by atoms with van der Waals surface area (Å²) in [6.07, 6.45) is 4.76. The minimum atomic E-state index is 0.0170. The molecule has 1 fully saturated rings. The number of likely N-dealkylation sites (tertiary alicyclic amines) is 1. The Balaban J connectivity index is 1.54. The van der Waals surface area contributed by atoms with Gasteiger partial charge in [-0.2, -0.15) is 0 Å². The van der Waals surface area contributed by atoms with Gasteiger partial charge in [-0.15, -0.1) is 0 Å². The SMILES string of the molecule is COc1ccc(CC2CCN(C(=O)c3ccnc(C)n3)CC2)cc1. The lowest BCUT2D eigenvalue weighted by Gasteiger charge is -2.32. The Morgan fingerprint density at radius 1 is 1.21 bits per heavy atom. The van der Waals surface area contributed by atoms with Gasteiger partial charge in [0.05, 0.1) is 7.11 Å². The Bertz CT molecular complexity index is 692. The molecule has 3 rings (SSSR count). The number of rotatable bonds is 4. The second-order valence-electron chi connectivity index (χ2n) is 6.28. The predicted molar refractivity (Wildman–Crippen MR) is 92.1 cm³/mol. The molecular formula is C19H23N3O2. The molecular weight excluding hydrogens is 302 g/mol. The zero-order chi connectivity index (χ0) is 16.9. The molecule has 0 atom stereocenters. The van der Waals surface area contributed by atoms with Gasteiger partial charge in [0.2, 0.25) is 0 Å². The van der Waals surface area contributed by atoms with Crippen molar-refractivity contribution in [1.29, 1.82) is 0 Å². The van der Waals surface area contributed by atoms with E-state index in [4.69, 9.17) is 4.74 Å². The number of hydrogen-bond donors (Lipinski definition) is 0. The van der Waals surface area contributed by atoms with Gasteiger partial charge in [-0.1, -0.05) is 12.1 Å². The first-order chi connectivity index (χ1) is 11.7. The first-order valence-corrected chi connectivity index (χ1v) is 8.37. The monoisotopic (exact) mass is 325 g/mol. The fourth-order valence-electron chi connectivity index (χ4n) is 3.17. The van der Waals surface area contributed by atoms with Crippen molar-refractivity contribution >= 4 is 5.91 Å². The molecule has 1 saturated heterocycles. The molecule has 2 heterocycles. The van der Waals surface area contributed by atoms with Crippen LogP contribution >= 0.6 is 0 Å².